The molecule has 0 spiro atoms. The van der Waals surface area contributed by atoms with Crippen molar-refractivity contribution in [2.75, 3.05) is 27.3 Å². The molecule has 1 aromatic rings. The highest BCUT2D eigenvalue weighted by Gasteiger charge is 2.37. The first kappa shape index (κ1) is 15.7. The van der Waals surface area contributed by atoms with Crippen LogP contribution in [0.2, 0.25) is 5.02 Å². The Bertz CT molecular complexity index is 553. The molecule has 0 radical (unpaired) electrons. The third-order valence-corrected chi connectivity index (χ3v) is 3.91. The van der Waals surface area contributed by atoms with Crippen molar-refractivity contribution in [2.24, 2.45) is 0 Å². The number of hydrogen-bond donors (Lipinski definition) is 0. The third kappa shape index (κ3) is 2.99. The number of likely N-dealkylation sites (tertiary alicyclic amines) is 1. The standard InChI is InChI=1S/C13H15ClN2O5/c1-20-10-6-15(7-11(10)21-2)13(17)8-4-3-5-9(12(8)14)16(18)19/h3-5,10-11H,6-7H2,1-2H3. The molecule has 2 atom stereocenters. The molecule has 0 aliphatic carbocycles. The zero-order valence-electron chi connectivity index (χ0n) is 11.6. The van der Waals surface area contributed by atoms with Gasteiger partial charge >= 0.3 is 0 Å². The summed E-state index contributed by atoms with van der Waals surface area (Å²) in [6, 6.07) is 4.17. The molecule has 0 bridgehead atoms. The molecule has 1 aromatic carbocycles. The van der Waals surface area contributed by atoms with E-state index in [1.807, 2.05) is 0 Å². The van der Waals surface area contributed by atoms with E-state index in [1.54, 1.807) is 14.2 Å². The molecular formula is C13H15ClN2O5. The number of halogens is 1. The Balaban J connectivity index is 2.26. The van der Waals surface area contributed by atoms with E-state index in [4.69, 9.17) is 21.1 Å². The van der Waals surface area contributed by atoms with Crippen LogP contribution in [0.5, 0.6) is 0 Å². The fraction of sp³-hybridized carbons (Fsp3) is 0.462. The summed E-state index contributed by atoms with van der Waals surface area (Å²) in [4.78, 5) is 24.3. The van der Waals surface area contributed by atoms with Crippen molar-refractivity contribution in [2.45, 2.75) is 12.2 Å². The zero-order valence-corrected chi connectivity index (χ0v) is 12.4. The van der Waals surface area contributed by atoms with E-state index in [9.17, 15) is 14.9 Å². The maximum Gasteiger partial charge on any atom is 0.288 e. The molecule has 0 N–H and O–H groups in total. The number of hydrogen-bond acceptors (Lipinski definition) is 5. The van der Waals surface area contributed by atoms with Gasteiger partial charge < -0.3 is 14.4 Å². The summed E-state index contributed by atoms with van der Waals surface area (Å²) >= 11 is 5.97. The van der Waals surface area contributed by atoms with Crippen molar-refractivity contribution < 1.29 is 19.2 Å². The molecule has 1 heterocycles. The Morgan fingerprint density at radius 1 is 1.33 bits per heavy atom. The fourth-order valence-corrected chi connectivity index (χ4v) is 2.63. The molecule has 2 rings (SSSR count). The van der Waals surface area contributed by atoms with Crippen molar-refractivity contribution in [3.05, 3.63) is 38.9 Å². The Kier molecular flexibility index (Phi) is 4.76. The molecule has 1 fully saturated rings. The van der Waals surface area contributed by atoms with Gasteiger partial charge in [-0.15, -0.1) is 0 Å². The number of amides is 1. The first-order chi connectivity index (χ1) is 9.99. The van der Waals surface area contributed by atoms with E-state index >= 15 is 0 Å². The second-order valence-corrected chi connectivity index (χ2v) is 5.03. The number of rotatable bonds is 4. The summed E-state index contributed by atoms with van der Waals surface area (Å²) in [6.45, 7) is 0.708. The summed E-state index contributed by atoms with van der Waals surface area (Å²) < 4.78 is 10.5. The lowest BCUT2D eigenvalue weighted by Gasteiger charge is -2.16. The molecule has 21 heavy (non-hydrogen) atoms. The number of nitrogens with zero attached hydrogens (tertiary/aromatic N) is 2. The van der Waals surface area contributed by atoms with Crippen LogP contribution >= 0.6 is 11.6 Å². The number of carbonyl (C=O) groups is 1. The normalized spacial score (nSPS) is 21.6. The smallest absolute Gasteiger partial charge is 0.288 e. The molecule has 1 amide bonds. The van der Waals surface area contributed by atoms with Gasteiger partial charge in [-0.1, -0.05) is 17.7 Å². The lowest BCUT2D eigenvalue weighted by atomic mass is 10.1. The van der Waals surface area contributed by atoms with E-state index < -0.39 is 4.92 Å². The van der Waals surface area contributed by atoms with Gasteiger partial charge in [-0.2, -0.15) is 0 Å². The second-order valence-electron chi connectivity index (χ2n) is 4.65. The average Bonchev–Trinajstić information content (AvgIpc) is 2.89. The van der Waals surface area contributed by atoms with E-state index in [0.717, 1.165) is 0 Å². The second kappa shape index (κ2) is 6.38. The summed E-state index contributed by atoms with van der Waals surface area (Å²) in [5.41, 5.74) is -0.175. The number of nitro benzene ring substituents is 1. The van der Waals surface area contributed by atoms with Gasteiger partial charge in [0.25, 0.3) is 11.6 Å². The SMILES string of the molecule is COC1CN(C(=O)c2cccc([N+](=O)[O-])c2Cl)CC1OC. The predicted octanol–water partition coefficient (Wildman–Crippen LogP) is 1.73. The first-order valence-corrected chi connectivity index (χ1v) is 6.65. The minimum absolute atomic E-state index is 0.109. The monoisotopic (exact) mass is 314 g/mol. The van der Waals surface area contributed by atoms with Crippen molar-refractivity contribution in [3.8, 4) is 0 Å². The van der Waals surface area contributed by atoms with Crippen LogP contribution in [0.4, 0.5) is 5.69 Å². The molecule has 114 valence electrons. The molecule has 1 aliphatic heterocycles. The van der Waals surface area contributed by atoms with Gasteiger partial charge in [0.2, 0.25) is 0 Å². The highest BCUT2D eigenvalue weighted by molar-refractivity contribution is 6.35. The highest BCUT2D eigenvalue weighted by Crippen LogP contribution is 2.29. The molecule has 1 aliphatic rings. The molecule has 0 saturated carbocycles. The maximum absolute atomic E-state index is 12.5. The summed E-state index contributed by atoms with van der Waals surface area (Å²) in [5.74, 6) is -0.370. The van der Waals surface area contributed by atoms with Crippen LogP contribution in [-0.4, -0.2) is 55.2 Å². The van der Waals surface area contributed by atoms with Crippen molar-refractivity contribution in [1.29, 1.82) is 0 Å². The lowest BCUT2D eigenvalue weighted by molar-refractivity contribution is -0.384. The Hall–Kier alpha value is -1.70. The molecule has 0 aromatic heterocycles. The molecule has 2 unspecified atom stereocenters. The van der Waals surface area contributed by atoms with Crippen molar-refractivity contribution in [1.82, 2.24) is 4.90 Å². The fourth-order valence-electron chi connectivity index (χ4n) is 2.36. The maximum atomic E-state index is 12.5. The number of carbonyl (C=O) groups excluding carboxylic acids is 1. The molecule has 8 heteroatoms. The number of methoxy groups -OCH3 is 2. The summed E-state index contributed by atoms with van der Waals surface area (Å²) in [6.07, 6.45) is -0.451. The number of ether oxygens (including phenoxy) is 2. The number of benzene rings is 1. The van der Waals surface area contributed by atoms with E-state index in [1.165, 1.54) is 23.1 Å². The van der Waals surface area contributed by atoms with Gasteiger partial charge in [0.05, 0.1) is 10.5 Å². The minimum Gasteiger partial charge on any atom is -0.377 e. The number of nitro groups is 1. The van der Waals surface area contributed by atoms with Crippen LogP contribution < -0.4 is 0 Å². The van der Waals surface area contributed by atoms with Gasteiger partial charge in [-0.25, -0.2) is 0 Å². The zero-order chi connectivity index (χ0) is 15.6. The van der Waals surface area contributed by atoms with Gasteiger partial charge in [-0.3, -0.25) is 14.9 Å². The molecule has 1 saturated heterocycles. The van der Waals surface area contributed by atoms with Crippen LogP contribution in [0.3, 0.4) is 0 Å². The summed E-state index contributed by atoms with van der Waals surface area (Å²) in [7, 11) is 3.09. The average molecular weight is 315 g/mol. The van der Waals surface area contributed by atoms with Crippen LogP contribution in [0.15, 0.2) is 18.2 Å². The van der Waals surface area contributed by atoms with Crippen molar-refractivity contribution in [3.63, 3.8) is 0 Å². The third-order valence-electron chi connectivity index (χ3n) is 3.51. The Morgan fingerprint density at radius 2 is 1.90 bits per heavy atom. The summed E-state index contributed by atoms with van der Waals surface area (Å²) in [5, 5.41) is 10.7. The largest absolute Gasteiger partial charge is 0.377 e. The molecule has 7 nitrogen and oxygen atoms in total. The minimum atomic E-state index is -0.612. The van der Waals surface area contributed by atoms with Crippen LogP contribution in [0.1, 0.15) is 10.4 Å². The first-order valence-electron chi connectivity index (χ1n) is 6.27. The lowest BCUT2D eigenvalue weighted by Crippen LogP contribution is -2.30. The van der Waals surface area contributed by atoms with Gasteiger partial charge in [0, 0.05) is 33.4 Å². The van der Waals surface area contributed by atoms with Crippen molar-refractivity contribution >= 4 is 23.2 Å². The van der Waals surface area contributed by atoms with E-state index in [-0.39, 0.29) is 34.4 Å². The Morgan fingerprint density at radius 3 is 2.38 bits per heavy atom. The van der Waals surface area contributed by atoms with E-state index in [0.29, 0.717) is 13.1 Å². The topological polar surface area (TPSA) is 81.9 Å². The Labute approximate surface area is 126 Å². The van der Waals surface area contributed by atoms with Gasteiger partial charge in [-0.05, 0) is 6.07 Å². The van der Waals surface area contributed by atoms with E-state index in [2.05, 4.69) is 0 Å². The van der Waals surface area contributed by atoms with Crippen LogP contribution in [0.25, 0.3) is 0 Å². The van der Waals surface area contributed by atoms with Gasteiger partial charge in [0.15, 0.2) is 0 Å². The molecular weight excluding hydrogens is 300 g/mol. The highest BCUT2D eigenvalue weighted by atomic mass is 35.5. The van der Waals surface area contributed by atoms with Crippen LogP contribution in [0, 0.1) is 10.1 Å². The van der Waals surface area contributed by atoms with Crippen LogP contribution in [-0.2, 0) is 9.47 Å². The van der Waals surface area contributed by atoms with Gasteiger partial charge in [0.1, 0.15) is 17.2 Å². The quantitative estimate of drug-likeness (QED) is 0.624. The predicted molar refractivity (Wildman–Crippen MR) is 75.6 cm³/mol.